The van der Waals surface area contributed by atoms with Gasteiger partial charge in [0.25, 0.3) is 0 Å². The Morgan fingerprint density at radius 2 is 2.14 bits per heavy atom. The molecule has 0 radical (unpaired) electrons. The lowest BCUT2D eigenvalue weighted by Crippen LogP contribution is -2.54. The minimum Gasteiger partial charge on any atom is -0.352 e. The summed E-state index contributed by atoms with van der Waals surface area (Å²) in [5, 5.41) is 2.62. The van der Waals surface area contributed by atoms with Gasteiger partial charge in [0, 0.05) is 12.2 Å². The molecule has 22 heavy (non-hydrogen) atoms. The fraction of sp³-hybridized carbons (Fsp3) is 0.529. The maximum atomic E-state index is 13.0. The first-order chi connectivity index (χ1) is 10.4. The van der Waals surface area contributed by atoms with Crippen molar-refractivity contribution >= 4 is 17.6 Å². The third kappa shape index (κ3) is 3.40. The second-order valence-electron chi connectivity index (χ2n) is 6.10. The second kappa shape index (κ2) is 6.81. The maximum absolute atomic E-state index is 13.0. The van der Waals surface area contributed by atoms with E-state index in [1.165, 1.54) is 5.56 Å². The van der Waals surface area contributed by atoms with Crippen LogP contribution in [0.15, 0.2) is 18.2 Å². The van der Waals surface area contributed by atoms with E-state index in [1.807, 2.05) is 26.8 Å². The van der Waals surface area contributed by atoms with E-state index in [4.69, 9.17) is 5.73 Å². The third-order valence-electron chi connectivity index (χ3n) is 4.40. The van der Waals surface area contributed by atoms with E-state index >= 15 is 0 Å². The van der Waals surface area contributed by atoms with Crippen molar-refractivity contribution in [2.75, 3.05) is 11.4 Å². The van der Waals surface area contributed by atoms with Crippen molar-refractivity contribution in [3.63, 3.8) is 0 Å². The molecule has 0 bridgehead atoms. The summed E-state index contributed by atoms with van der Waals surface area (Å²) in [6, 6.07) is 4.98. The number of anilines is 1. The predicted molar refractivity (Wildman–Crippen MR) is 87.8 cm³/mol. The van der Waals surface area contributed by atoms with Gasteiger partial charge in [-0.2, -0.15) is 0 Å². The van der Waals surface area contributed by atoms with Crippen LogP contribution in [0.2, 0.25) is 0 Å². The molecule has 0 fully saturated rings. The molecular formula is C17H25N3O2. The third-order valence-corrected chi connectivity index (χ3v) is 4.40. The van der Waals surface area contributed by atoms with E-state index in [1.54, 1.807) is 4.90 Å². The molecule has 3 amide bonds. The first kappa shape index (κ1) is 16.3. The lowest BCUT2D eigenvalue weighted by molar-refractivity contribution is -0.121. The van der Waals surface area contributed by atoms with Crippen molar-refractivity contribution < 1.29 is 9.59 Å². The Kier molecular flexibility index (Phi) is 5.06. The Balaban J connectivity index is 2.32. The highest BCUT2D eigenvalue weighted by molar-refractivity contribution is 6.00. The standard InChI is InChI=1S/C17H25N3O2/c1-4-12(3)15(19-17(18)22)16(21)20-9-5-6-13-8-7-11(2)10-14(13)20/h7-8,10,12,15H,4-6,9H2,1-3H3,(H3,18,19,22)/t12-,15-/m0/s1. The van der Waals surface area contributed by atoms with Crippen molar-refractivity contribution in [2.45, 2.75) is 46.1 Å². The van der Waals surface area contributed by atoms with E-state index in [0.717, 1.165) is 30.5 Å². The number of nitrogens with zero attached hydrogens (tertiary/aromatic N) is 1. The van der Waals surface area contributed by atoms with Gasteiger partial charge >= 0.3 is 6.03 Å². The maximum Gasteiger partial charge on any atom is 0.312 e. The molecule has 3 N–H and O–H groups in total. The van der Waals surface area contributed by atoms with Crippen LogP contribution in [-0.4, -0.2) is 24.5 Å². The molecule has 0 aromatic heterocycles. The van der Waals surface area contributed by atoms with Crippen LogP contribution < -0.4 is 16.0 Å². The van der Waals surface area contributed by atoms with Gasteiger partial charge in [0.1, 0.15) is 6.04 Å². The lowest BCUT2D eigenvalue weighted by atomic mass is 9.94. The van der Waals surface area contributed by atoms with E-state index < -0.39 is 12.1 Å². The Labute approximate surface area is 131 Å². The smallest absolute Gasteiger partial charge is 0.312 e. The Hall–Kier alpha value is -2.04. The van der Waals surface area contributed by atoms with Crippen LogP contribution in [0.1, 0.15) is 37.8 Å². The van der Waals surface area contributed by atoms with Crippen LogP contribution in [0.4, 0.5) is 10.5 Å². The summed E-state index contributed by atoms with van der Waals surface area (Å²) in [6.45, 7) is 6.66. The zero-order chi connectivity index (χ0) is 16.3. The number of nitrogens with one attached hydrogen (secondary N) is 1. The number of hydrogen-bond donors (Lipinski definition) is 2. The van der Waals surface area contributed by atoms with Gasteiger partial charge in [0.15, 0.2) is 0 Å². The summed E-state index contributed by atoms with van der Waals surface area (Å²) in [6.07, 6.45) is 2.72. The summed E-state index contributed by atoms with van der Waals surface area (Å²) < 4.78 is 0. The Bertz CT molecular complexity index is 571. The minimum absolute atomic E-state index is 0.0372. The van der Waals surface area contributed by atoms with Gasteiger partial charge in [0.05, 0.1) is 0 Å². The van der Waals surface area contributed by atoms with Crippen LogP contribution in [0.5, 0.6) is 0 Å². The first-order valence-corrected chi connectivity index (χ1v) is 7.91. The average Bonchev–Trinajstić information content (AvgIpc) is 2.50. The monoisotopic (exact) mass is 303 g/mol. The van der Waals surface area contributed by atoms with Gasteiger partial charge in [-0.15, -0.1) is 0 Å². The number of rotatable bonds is 4. The molecule has 2 atom stereocenters. The van der Waals surface area contributed by atoms with Crippen LogP contribution >= 0.6 is 0 Å². The lowest BCUT2D eigenvalue weighted by Gasteiger charge is -2.34. The molecule has 0 spiro atoms. The normalized spacial score (nSPS) is 16.6. The fourth-order valence-electron chi connectivity index (χ4n) is 2.92. The van der Waals surface area contributed by atoms with Crippen molar-refractivity contribution in [1.29, 1.82) is 0 Å². The van der Waals surface area contributed by atoms with E-state index in [-0.39, 0.29) is 11.8 Å². The second-order valence-corrected chi connectivity index (χ2v) is 6.10. The van der Waals surface area contributed by atoms with Crippen molar-refractivity contribution in [1.82, 2.24) is 5.32 Å². The van der Waals surface area contributed by atoms with Crippen LogP contribution in [0, 0.1) is 12.8 Å². The molecule has 1 heterocycles. The molecule has 0 unspecified atom stereocenters. The molecule has 1 aliphatic heterocycles. The average molecular weight is 303 g/mol. The van der Waals surface area contributed by atoms with Crippen molar-refractivity contribution in [3.8, 4) is 0 Å². The summed E-state index contributed by atoms with van der Waals surface area (Å²) in [5.41, 5.74) is 8.53. The van der Waals surface area contributed by atoms with Crippen LogP contribution in [-0.2, 0) is 11.2 Å². The van der Waals surface area contributed by atoms with Crippen molar-refractivity contribution in [3.05, 3.63) is 29.3 Å². The minimum atomic E-state index is -0.653. The number of nitrogens with two attached hydrogens (primary N) is 1. The summed E-state index contributed by atoms with van der Waals surface area (Å²) in [5.74, 6) is -0.0325. The number of benzene rings is 1. The topological polar surface area (TPSA) is 75.4 Å². The molecular weight excluding hydrogens is 278 g/mol. The van der Waals surface area contributed by atoms with Gasteiger partial charge in [-0.05, 0) is 42.9 Å². The van der Waals surface area contributed by atoms with Crippen molar-refractivity contribution in [2.24, 2.45) is 11.7 Å². The van der Waals surface area contributed by atoms with Crippen LogP contribution in [0.25, 0.3) is 0 Å². The highest BCUT2D eigenvalue weighted by Gasteiger charge is 2.32. The molecule has 0 aliphatic carbocycles. The number of amides is 3. The molecule has 5 heteroatoms. The molecule has 0 saturated heterocycles. The largest absolute Gasteiger partial charge is 0.352 e. The number of fused-ring (bicyclic) bond motifs is 1. The molecule has 5 nitrogen and oxygen atoms in total. The fourth-order valence-corrected chi connectivity index (χ4v) is 2.92. The highest BCUT2D eigenvalue weighted by atomic mass is 16.2. The zero-order valence-electron chi connectivity index (χ0n) is 13.6. The highest BCUT2D eigenvalue weighted by Crippen LogP contribution is 2.29. The Morgan fingerprint density at radius 1 is 1.41 bits per heavy atom. The van der Waals surface area contributed by atoms with Gasteiger partial charge in [-0.25, -0.2) is 4.79 Å². The van der Waals surface area contributed by atoms with Gasteiger partial charge < -0.3 is 16.0 Å². The quantitative estimate of drug-likeness (QED) is 0.896. The molecule has 1 aliphatic rings. The molecule has 120 valence electrons. The first-order valence-electron chi connectivity index (χ1n) is 7.91. The number of carbonyl (C=O) groups is 2. The zero-order valence-corrected chi connectivity index (χ0v) is 13.6. The van der Waals surface area contributed by atoms with Gasteiger partial charge in [-0.3, -0.25) is 4.79 Å². The van der Waals surface area contributed by atoms with Gasteiger partial charge in [0.2, 0.25) is 5.91 Å². The number of hydrogen-bond acceptors (Lipinski definition) is 2. The molecule has 0 saturated carbocycles. The number of carbonyl (C=O) groups excluding carboxylic acids is 2. The summed E-state index contributed by atoms with van der Waals surface area (Å²) in [7, 11) is 0. The number of aryl methyl sites for hydroxylation is 2. The van der Waals surface area contributed by atoms with Gasteiger partial charge in [-0.1, -0.05) is 32.4 Å². The van der Waals surface area contributed by atoms with Crippen LogP contribution in [0.3, 0.4) is 0 Å². The summed E-state index contributed by atoms with van der Waals surface area (Å²) in [4.78, 5) is 26.0. The predicted octanol–water partition coefficient (Wildman–Crippen LogP) is 2.36. The molecule has 1 aromatic carbocycles. The molecule has 1 aromatic rings. The number of urea groups is 1. The summed E-state index contributed by atoms with van der Waals surface area (Å²) >= 11 is 0. The SMILES string of the molecule is CC[C@H](C)[C@H](NC(N)=O)C(=O)N1CCCc2ccc(C)cc21. The van der Waals surface area contributed by atoms with E-state index in [9.17, 15) is 9.59 Å². The van der Waals surface area contributed by atoms with E-state index in [0.29, 0.717) is 6.54 Å². The Morgan fingerprint density at radius 3 is 2.77 bits per heavy atom. The van der Waals surface area contributed by atoms with E-state index in [2.05, 4.69) is 17.4 Å². The number of primary amides is 1. The molecule has 2 rings (SSSR count).